The van der Waals surface area contributed by atoms with Crippen molar-refractivity contribution in [2.24, 2.45) is 0 Å². The van der Waals surface area contributed by atoms with Crippen molar-refractivity contribution in [1.29, 1.82) is 0 Å². The fourth-order valence-corrected chi connectivity index (χ4v) is 1.57. The monoisotopic (exact) mass is 227 g/mol. The van der Waals surface area contributed by atoms with Crippen LogP contribution in [0.5, 0.6) is 0 Å². The highest BCUT2D eigenvalue weighted by molar-refractivity contribution is 7.99. The molecule has 0 aromatic carbocycles. The number of nitrogens with zero attached hydrogens (tertiary/aromatic N) is 2. The second kappa shape index (κ2) is 6.90. The fraction of sp³-hybridized carbons (Fsp3) is 0.727. The SMILES string of the molecule is CSC(C)CNC(C)CCn1cccn1. The van der Waals surface area contributed by atoms with Crippen LogP contribution >= 0.6 is 11.8 Å². The molecule has 1 rings (SSSR count). The molecule has 2 atom stereocenters. The minimum Gasteiger partial charge on any atom is -0.313 e. The van der Waals surface area contributed by atoms with E-state index in [9.17, 15) is 0 Å². The Balaban J connectivity index is 2.11. The second-order valence-corrected chi connectivity index (χ2v) is 5.19. The van der Waals surface area contributed by atoms with Crippen molar-refractivity contribution in [2.45, 2.75) is 38.1 Å². The lowest BCUT2D eigenvalue weighted by molar-refractivity contribution is 0.461. The van der Waals surface area contributed by atoms with Crippen LogP contribution in [0.25, 0.3) is 0 Å². The van der Waals surface area contributed by atoms with E-state index in [4.69, 9.17) is 0 Å². The molecule has 3 nitrogen and oxygen atoms in total. The van der Waals surface area contributed by atoms with E-state index in [-0.39, 0.29) is 0 Å². The number of thioether (sulfide) groups is 1. The first-order valence-corrected chi connectivity index (χ1v) is 6.74. The van der Waals surface area contributed by atoms with Gasteiger partial charge in [0.1, 0.15) is 0 Å². The summed E-state index contributed by atoms with van der Waals surface area (Å²) in [6.45, 7) is 6.56. The molecule has 0 spiro atoms. The van der Waals surface area contributed by atoms with E-state index in [2.05, 4.69) is 30.5 Å². The zero-order valence-electron chi connectivity index (χ0n) is 9.81. The van der Waals surface area contributed by atoms with Gasteiger partial charge in [0.25, 0.3) is 0 Å². The number of aryl methyl sites for hydroxylation is 1. The summed E-state index contributed by atoms with van der Waals surface area (Å²) in [5.74, 6) is 0. The van der Waals surface area contributed by atoms with Crippen LogP contribution in [-0.4, -0.2) is 33.9 Å². The summed E-state index contributed by atoms with van der Waals surface area (Å²) >= 11 is 1.90. The van der Waals surface area contributed by atoms with E-state index >= 15 is 0 Å². The molecule has 1 aromatic heterocycles. The molecular weight excluding hydrogens is 206 g/mol. The average Bonchev–Trinajstić information content (AvgIpc) is 2.75. The number of hydrogen-bond acceptors (Lipinski definition) is 3. The van der Waals surface area contributed by atoms with Crippen molar-refractivity contribution in [3.63, 3.8) is 0 Å². The zero-order chi connectivity index (χ0) is 11.1. The Morgan fingerprint density at radius 3 is 2.87 bits per heavy atom. The largest absolute Gasteiger partial charge is 0.313 e. The van der Waals surface area contributed by atoms with Gasteiger partial charge in [-0.1, -0.05) is 6.92 Å². The number of hydrogen-bond donors (Lipinski definition) is 1. The Bertz CT molecular complexity index is 248. The smallest absolute Gasteiger partial charge is 0.0489 e. The molecule has 0 amide bonds. The van der Waals surface area contributed by atoms with Crippen LogP contribution in [0.3, 0.4) is 0 Å². The van der Waals surface area contributed by atoms with Crippen LogP contribution < -0.4 is 5.32 Å². The highest BCUT2D eigenvalue weighted by Gasteiger charge is 2.04. The van der Waals surface area contributed by atoms with Crippen molar-refractivity contribution in [2.75, 3.05) is 12.8 Å². The normalized spacial score (nSPS) is 15.1. The van der Waals surface area contributed by atoms with Gasteiger partial charge in [0.2, 0.25) is 0 Å². The third kappa shape index (κ3) is 5.23. The predicted octanol–water partition coefficient (Wildman–Crippen LogP) is 2.00. The molecule has 0 saturated heterocycles. The molecule has 86 valence electrons. The van der Waals surface area contributed by atoms with Crippen LogP contribution in [0.1, 0.15) is 20.3 Å². The van der Waals surface area contributed by atoms with Gasteiger partial charge in [0, 0.05) is 36.8 Å². The molecule has 4 heteroatoms. The van der Waals surface area contributed by atoms with Crippen LogP contribution in [0, 0.1) is 0 Å². The minimum atomic E-state index is 0.559. The van der Waals surface area contributed by atoms with E-state index < -0.39 is 0 Å². The van der Waals surface area contributed by atoms with Crippen molar-refractivity contribution in [1.82, 2.24) is 15.1 Å². The van der Waals surface area contributed by atoms with Gasteiger partial charge in [-0.3, -0.25) is 4.68 Å². The van der Waals surface area contributed by atoms with E-state index in [0.717, 1.165) is 19.5 Å². The Hall–Kier alpha value is -0.480. The second-order valence-electron chi connectivity index (χ2n) is 3.91. The van der Waals surface area contributed by atoms with Crippen LogP contribution in [-0.2, 0) is 6.54 Å². The lowest BCUT2D eigenvalue weighted by Crippen LogP contribution is -2.32. The maximum atomic E-state index is 4.18. The summed E-state index contributed by atoms with van der Waals surface area (Å²) in [6, 6.07) is 2.53. The molecule has 1 N–H and O–H groups in total. The van der Waals surface area contributed by atoms with Gasteiger partial charge >= 0.3 is 0 Å². The number of nitrogens with one attached hydrogen (secondary N) is 1. The molecule has 0 aliphatic heterocycles. The standard InChI is InChI=1S/C11H21N3S/c1-10(12-9-11(2)15-3)5-8-14-7-4-6-13-14/h4,6-7,10-12H,5,8-9H2,1-3H3. The molecule has 2 unspecified atom stereocenters. The third-order valence-electron chi connectivity index (χ3n) is 2.51. The van der Waals surface area contributed by atoms with Gasteiger partial charge in [-0.2, -0.15) is 16.9 Å². The quantitative estimate of drug-likeness (QED) is 0.773. The molecule has 0 radical (unpaired) electrons. The Labute approximate surface area is 96.6 Å². The Morgan fingerprint density at radius 1 is 1.47 bits per heavy atom. The topological polar surface area (TPSA) is 29.9 Å². The van der Waals surface area contributed by atoms with Crippen LogP contribution in [0.2, 0.25) is 0 Å². The van der Waals surface area contributed by atoms with E-state index in [1.807, 2.05) is 34.9 Å². The molecule has 1 heterocycles. The van der Waals surface area contributed by atoms with Crippen molar-refractivity contribution < 1.29 is 0 Å². The van der Waals surface area contributed by atoms with E-state index in [0.29, 0.717) is 11.3 Å². The average molecular weight is 227 g/mol. The molecule has 0 saturated carbocycles. The van der Waals surface area contributed by atoms with E-state index in [1.165, 1.54) is 0 Å². The molecule has 1 aromatic rings. The maximum absolute atomic E-state index is 4.18. The summed E-state index contributed by atoms with van der Waals surface area (Å²) in [7, 11) is 0. The van der Waals surface area contributed by atoms with Crippen molar-refractivity contribution in [3.05, 3.63) is 18.5 Å². The first-order chi connectivity index (χ1) is 7.22. The molecular formula is C11H21N3S. The lowest BCUT2D eigenvalue weighted by atomic mass is 10.2. The van der Waals surface area contributed by atoms with Gasteiger partial charge in [-0.25, -0.2) is 0 Å². The van der Waals surface area contributed by atoms with Crippen LogP contribution in [0.15, 0.2) is 18.5 Å². The summed E-state index contributed by atoms with van der Waals surface area (Å²) in [4.78, 5) is 0. The first-order valence-electron chi connectivity index (χ1n) is 5.46. The van der Waals surface area contributed by atoms with Crippen molar-refractivity contribution >= 4 is 11.8 Å². The summed E-state index contributed by atoms with van der Waals surface area (Å²) in [5.41, 5.74) is 0. The molecule has 0 bridgehead atoms. The summed E-state index contributed by atoms with van der Waals surface area (Å²) < 4.78 is 1.98. The van der Waals surface area contributed by atoms with Gasteiger partial charge < -0.3 is 5.32 Å². The maximum Gasteiger partial charge on any atom is 0.0489 e. The summed E-state index contributed by atoms with van der Waals surface area (Å²) in [5, 5.41) is 8.41. The molecule has 0 fully saturated rings. The van der Waals surface area contributed by atoms with Crippen molar-refractivity contribution in [3.8, 4) is 0 Å². The molecule has 15 heavy (non-hydrogen) atoms. The third-order valence-corrected chi connectivity index (χ3v) is 3.48. The molecule has 0 aliphatic carbocycles. The van der Waals surface area contributed by atoms with Crippen LogP contribution in [0.4, 0.5) is 0 Å². The number of aromatic nitrogens is 2. The lowest BCUT2D eigenvalue weighted by Gasteiger charge is -2.16. The summed E-state index contributed by atoms with van der Waals surface area (Å²) in [6.07, 6.45) is 7.12. The minimum absolute atomic E-state index is 0.559. The van der Waals surface area contributed by atoms with E-state index in [1.54, 1.807) is 0 Å². The van der Waals surface area contributed by atoms with Gasteiger partial charge in [-0.05, 0) is 25.7 Å². The predicted molar refractivity (Wildman–Crippen MR) is 67.3 cm³/mol. The van der Waals surface area contributed by atoms with Gasteiger partial charge in [-0.15, -0.1) is 0 Å². The van der Waals surface area contributed by atoms with Gasteiger partial charge in [0.15, 0.2) is 0 Å². The zero-order valence-corrected chi connectivity index (χ0v) is 10.6. The molecule has 0 aliphatic rings. The Kier molecular flexibility index (Phi) is 5.79. The van der Waals surface area contributed by atoms with Gasteiger partial charge in [0.05, 0.1) is 0 Å². The fourth-order valence-electron chi connectivity index (χ4n) is 1.31. The Morgan fingerprint density at radius 2 is 2.27 bits per heavy atom. The number of rotatable bonds is 7. The highest BCUT2D eigenvalue weighted by Crippen LogP contribution is 2.04. The first kappa shape index (κ1) is 12.6. The highest BCUT2D eigenvalue weighted by atomic mass is 32.2.